The Labute approximate surface area is 272 Å². The van der Waals surface area contributed by atoms with Crippen LogP contribution >= 0.6 is 0 Å². The lowest BCUT2D eigenvalue weighted by atomic mass is 9.82. The minimum absolute atomic E-state index is 0.0190. The first-order valence-corrected chi connectivity index (χ1v) is 15.7. The predicted molar refractivity (Wildman–Crippen MR) is 162 cm³/mol. The topological polar surface area (TPSA) is 102 Å². The molecule has 14 heteroatoms. The summed E-state index contributed by atoms with van der Waals surface area (Å²) in [5, 5.41) is 16.9. The highest BCUT2D eigenvalue weighted by atomic mass is 19.4. The maximum atomic E-state index is 14.9. The molecular weight excluding hydrogens is 644 g/mol. The molecule has 2 fully saturated rings. The van der Waals surface area contributed by atoms with Crippen molar-refractivity contribution in [2.45, 2.75) is 56.4 Å². The average Bonchev–Trinajstić information content (AvgIpc) is 3.98. The third-order valence-electron chi connectivity index (χ3n) is 8.91. The highest BCUT2D eigenvalue weighted by Gasteiger charge is 2.57. The molecule has 3 N–H and O–H groups in total. The summed E-state index contributed by atoms with van der Waals surface area (Å²) in [6.07, 6.45) is -1.33. The molecule has 2 heterocycles. The molecule has 1 aliphatic heterocycles. The van der Waals surface area contributed by atoms with Crippen LogP contribution in [0.15, 0.2) is 48.5 Å². The number of nitrogens with zero attached hydrogens (tertiary/aromatic N) is 1. The number of nitrogens with one attached hydrogen (secondary N) is 2. The van der Waals surface area contributed by atoms with Crippen LogP contribution in [0.1, 0.15) is 54.2 Å². The summed E-state index contributed by atoms with van der Waals surface area (Å²) in [7, 11) is 0. The number of carbonyl (C=O) groups excluding carboxylic acids is 1. The summed E-state index contributed by atoms with van der Waals surface area (Å²) in [5.41, 5.74) is -4.86. The number of aliphatic hydroxyl groups is 1. The largest absolute Gasteiger partial charge is 0.490 e. The number of benzene rings is 2. The highest BCUT2D eigenvalue weighted by Crippen LogP contribution is 2.48. The van der Waals surface area contributed by atoms with Crippen molar-refractivity contribution in [3.05, 3.63) is 71.2 Å². The number of hydrogen-bond donors (Lipinski definition) is 3. The van der Waals surface area contributed by atoms with E-state index in [1.54, 1.807) is 0 Å². The van der Waals surface area contributed by atoms with Gasteiger partial charge >= 0.3 is 12.8 Å². The number of amides is 1. The van der Waals surface area contributed by atoms with Crippen LogP contribution < -0.4 is 24.8 Å². The Hall–Kier alpha value is -4.04. The molecule has 1 unspecified atom stereocenters. The quantitative estimate of drug-likeness (QED) is 0.177. The van der Waals surface area contributed by atoms with Crippen molar-refractivity contribution in [1.29, 1.82) is 0 Å². The number of pyridine rings is 1. The number of aromatic nitrogens is 1. The van der Waals surface area contributed by atoms with Gasteiger partial charge in [-0.1, -0.05) is 6.92 Å². The van der Waals surface area contributed by atoms with E-state index in [1.165, 1.54) is 12.1 Å². The van der Waals surface area contributed by atoms with E-state index in [-0.39, 0.29) is 53.2 Å². The van der Waals surface area contributed by atoms with Crippen molar-refractivity contribution in [3.63, 3.8) is 0 Å². The zero-order valence-electron chi connectivity index (χ0n) is 26.0. The van der Waals surface area contributed by atoms with E-state index >= 15 is 0 Å². The summed E-state index contributed by atoms with van der Waals surface area (Å²) >= 11 is 0. The van der Waals surface area contributed by atoms with E-state index in [0.29, 0.717) is 18.0 Å². The van der Waals surface area contributed by atoms with Gasteiger partial charge in [0, 0.05) is 28.7 Å². The number of ether oxygens (including phenoxy) is 3. The second-order valence-corrected chi connectivity index (χ2v) is 13.0. The van der Waals surface area contributed by atoms with Crippen molar-refractivity contribution in [3.8, 4) is 28.5 Å². The molecule has 2 aromatic carbocycles. The molecule has 2 atom stereocenters. The van der Waals surface area contributed by atoms with Crippen molar-refractivity contribution in [2.75, 3.05) is 32.8 Å². The molecule has 8 nitrogen and oxygen atoms in total. The first-order valence-electron chi connectivity index (χ1n) is 15.7. The van der Waals surface area contributed by atoms with E-state index in [1.807, 2.05) is 6.92 Å². The lowest BCUT2D eigenvalue weighted by Gasteiger charge is -2.32. The molecule has 2 aliphatic carbocycles. The van der Waals surface area contributed by atoms with Crippen molar-refractivity contribution < 1.29 is 50.5 Å². The van der Waals surface area contributed by atoms with Crippen LogP contribution in [0.2, 0.25) is 0 Å². The predicted octanol–water partition coefficient (Wildman–Crippen LogP) is 6.11. The summed E-state index contributed by atoms with van der Waals surface area (Å²) in [4.78, 5) is 17.4. The molecule has 0 saturated heterocycles. The molecule has 3 aromatic rings. The third-order valence-corrected chi connectivity index (χ3v) is 8.91. The molecule has 3 aliphatic rings. The van der Waals surface area contributed by atoms with E-state index < -0.39 is 47.8 Å². The van der Waals surface area contributed by atoms with E-state index in [0.717, 1.165) is 68.6 Å². The zero-order valence-corrected chi connectivity index (χ0v) is 26.0. The van der Waals surface area contributed by atoms with Crippen molar-refractivity contribution >= 4 is 5.91 Å². The zero-order chi connectivity index (χ0) is 34.3. The Balaban J connectivity index is 1.32. The van der Waals surface area contributed by atoms with Crippen LogP contribution in [0.4, 0.5) is 26.3 Å². The second kappa shape index (κ2) is 13.1. The van der Waals surface area contributed by atoms with Gasteiger partial charge in [-0.25, -0.2) is 9.37 Å². The van der Waals surface area contributed by atoms with Gasteiger partial charge < -0.3 is 30.0 Å². The number of alkyl halides is 5. The average molecular weight is 680 g/mol. The van der Waals surface area contributed by atoms with Gasteiger partial charge in [-0.2, -0.15) is 22.0 Å². The monoisotopic (exact) mass is 679 g/mol. The van der Waals surface area contributed by atoms with Crippen LogP contribution in [0.25, 0.3) is 11.3 Å². The van der Waals surface area contributed by atoms with E-state index in [9.17, 15) is 36.2 Å². The first kappa shape index (κ1) is 33.8. The maximum Gasteiger partial charge on any atom is 0.424 e. The molecule has 0 spiro atoms. The second-order valence-electron chi connectivity index (χ2n) is 13.0. The van der Waals surface area contributed by atoms with E-state index in [2.05, 4.69) is 20.4 Å². The van der Waals surface area contributed by atoms with Crippen molar-refractivity contribution in [2.24, 2.45) is 11.8 Å². The van der Waals surface area contributed by atoms with Crippen LogP contribution in [-0.2, 0) is 11.0 Å². The molecular formula is C34H35F6N3O5. The molecule has 6 rings (SSSR count). The van der Waals surface area contributed by atoms with Gasteiger partial charge in [-0.3, -0.25) is 4.79 Å². The number of hydrogen-bond acceptors (Lipinski definition) is 7. The first-order chi connectivity index (χ1) is 22.8. The molecule has 0 bridgehead atoms. The summed E-state index contributed by atoms with van der Waals surface area (Å²) in [6.45, 7) is -1.25. The van der Waals surface area contributed by atoms with Gasteiger partial charge in [-0.05, 0) is 92.6 Å². The fourth-order valence-electron chi connectivity index (χ4n) is 5.57. The maximum absolute atomic E-state index is 14.9. The van der Waals surface area contributed by atoms with Crippen LogP contribution in [0, 0.1) is 17.7 Å². The minimum atomic E-state index is -5.32. The normalized spacial score (nSPS) is 20.2. The Morgan fingerprint density at radius 1 is 1.06 bits per heavy atom. The fourth-order valence-corrected chi connectivity index (χ4v) is 5.57. The van der Waals surface area contributed by atoms with Gasteiger partial charge in [0.2, 0.25) is 5.60 Å². The lowest BCUT2D eigenvalue weighted by molar-refractivity contribution is -0.265. The highest BCUT2D eigenvalue weighted by molar-refractivity contribution is 5.95. The van der Waals surface area contributed by atoms with Gasteiger partial charge in [0.25, 0.3) is 5.91 Å². The molecule has 2 saturated carbocycles. The smallest absolute Gasteiger partial charge is 0.424 e. The fraction of sp³-hybridized carbons (Fsp3) is 0.471. The number of carbonyl (C=O) groups is 1. The number of rotatable bonds is 14. The summed E-state index contributed by atoms with van der Waals surface area (Å²) in [6, 6.07) is 9.38. The van der Waals surface area contributed by atoms with Crippen LogP contribution in [0.3, 0.4) is 0 Å². The SMILES string of the molecule is C[C@]1(CNCC2CC2)COc2c1cc(C(O)(CNC(=O)c1ccc(OC(F)F)c(OCC3CC3)c1)C(F)(F)F)nc2-c1ccc(F)cc1. The van der Waals surface area contributed by atoms with E-state index in [4.69, 9.17) is 9.47 Å². The third kappa shape index (κ3) is 7.34. The molecule has 1 aromatic heterocycles. The number of halogens is 6. The molecule has 48 heavy (non-hydrogen) atoms. The van der Waals surface area contributed by atoms with Crippen molar-refractivity contribution in [1.82, 2.24) is 15.6 Å². The molecule has 258 valence electrons. The Morgan fingerprint density at radius 2 is 1.77 bits per heavy atom. The Bertz CT molecular complexity index is 1650. The Kier molecular flexibility index (Phi) is 9.24. The van der Waals surface area contributed by atoms with Gasteiger partial charge in [0.05, 0.1) is 25.5 Å². The van der Waals surface area contributed by atoms with Crippen LogP contribution in [0.5, 0.6) is 17.2 Å². The van der Waals surface area contributed by atoms with Gasteiger partial charge in [0.15, 0.2) is 11.5 Å². The molecule has 1 amide bonds. The van der Waals surface area contributed by atoms with Gasteiger partial charge in [0.1, 0.15) is 17.3 Å². The minimum Gasteiger partial charge on any atom is -0.490 e. The van der Waals surface area contributed by atoms with Gasteiger partial charge in [-0.15, -0.1) is 0 Å². The van der Waals surface area contributed by atoms with Crippen LogP contribution in [-0.4, -0.2) is 61.6 Å². The number of fused-ring (bicyclic) bond motifs is 1. The lowest BCUT2D eigenvalue weighted by Crippen LogP contribution is -2.51. The Morgan fingerprint density at radius 3 is 2.42 bits per heavy atom. The standard InChI is InChI=1S/C34H35F6N3O5/c1-32(16-41-14-19-2-3-19)18-47-29-24(32)13-27(43-28(29)21-6-9-23(35)10-7-21)33(45,34(38,39)40)17-42-30(44)22-8-11-25(48-31(36)37)26(12-22)46-15-20-4-5-20/h6-13,19-20,31,41,45H,2-5,14-18H2,1H3,(H,42,44)/t32-,33?/m0/s1. The summed E-state index contributed by atoms with van der Waals surface area (Å²) < 4.78 is 100. The molecule has 0 radical (unpaired) electrons. The summed E-state index contributed by atoms with van der Waals surface area (Å²) in [5.74, 6) is -1.10.